The molecule has 16 heteroatoms. The predicted octanol–water partition coefficient (Wildman–Crippen LogP) is 0.579. The molecule has 3 fully saturated rings. The molecule has 2 amide bonds. The van der Waals surface area contributed by atoms with Crippen LogP contribution in [0.5, 0.6) is 5.75 Å². The molecule has 1 saturated carbocycles. The molecule has 1 aliphatic carbocycles. The number of aromatic nitrogens is 3. The monoisotopic (exact) mass is 644 g/mol. The molecule has 14 nitrogen and oxygen atoms in total. The number of methoxy groups -OCH3 is 1. The zero-order valence-electron chi connectivity index (χ0n) is 24.6. The third-order valence-electron chi connectivity index (χ3n) is 8.71. The molecule has 2 aromatic heterocycles. The maximum Gasteiger partial charge on any atom is 0.264 e. The molecular formula is C29H33FN6O8S. The lowest BCUT2D eigenvalue weighted by Crippen LogP contribution is -2.50. The second-order valence-corrected chi connectivity index (χ2v) is 14.1. The fourth-order valence-corrected chi connectivity index (χ4v) is 7.64. The Hall–Kier alpha value is -3.83. The van der Waals surface area contributed by atoms with Gasteiger partial charge in [0.25, 0.3) is 11.8 Å². The lowest BCUT2D eigenvalue weighted by molar-refractivity contribution is -0.141. The van der Waals surface area contributed by atoms with Crippen molar-refractivity contribution in [2.45, 2.75) is 49.8 Å². The van der Waals surface area contributed by atoms with Crippen LogP contribution >= 0.6 is 0 Å². The summed E-state index contributed by atoms with van der Waals surface area (Å²) < 4.78 is 55.3. The molecule has 3 aromatic rings. The molecule has 240 valence electrons. The van der Waals surface area contributed by atoms with Crippen LogP contribution in [0.2, 0.25) is 0 Å². The van der Waals surface area contributed by atoms with Crippen molar-refractivity contribution in [3.63, 3.8) is 0 Å². The minimum Gasteiger partial charge on any atom is -0.483 e. The first-order chi connectivity index (χ1) is 21.6. The molecule has 0 spiro atoms. The van der Waals surface area contributed by atoms with Gasteiger partial charge in [0.15, 0.2) is 11.9 Å². The Morgan fingerprint density at radius 2 is 1.96 bits per heavy atom. The van der Waals surface area contributed by atoms with Gasteiger partial charge >= 0.3 is 0 Å². The van der Waals surface area contributed by atoms with Crippen LogP contribution in [0.15, 0.2) is 30.7 Å². The first-order valence-corrected chi connectivity index (χ1v) is 16.4. The van der Waals surface area contributed by atoms with Gasteiger partial charge in [0, 0.05) is 37.8 Å². The number of carbonyl (C=O) groups excluding carboxylic acids is 2. The molecule has 4 aliphatic rings. The van der Waals surface area contributed by atoms with Gasteiger partial charge in [-0.2, -0.15) is 5.10 Å². The molecule has 0 radical (unpaired) electrons. The lowest BCUT2D eigenvalue weighted by atomic mass is 10.1. The van der Waals surface area contributed by atoms with Crippen LogP contribution in [0.3, 0.4) is 0 Å². The van der Waals surface area contributed by atoms with Gasteiger partial charge < -0.3 is 34.3 Å². The van der Waals surface area contributed by atoms with E-state index in [0.29, 0.717) is 42.0 Å². The largest absolute Gasteiger partial charge is 0.483 e. The van der Waals surface area contributed by atoms with Crippen LogP contribution in [-0.2, 0) is 28.7 Å². The van der Waals surface area contributed by atoms with E-state index < -0.39 is 33.1 Å². The maximum absolute atomic E-state index is 14.4. The number of aliphatic hydroxyl groups is 1. The van der Waals surface area contributed by atoms with Crippen molar-refractivity contribution < 1.29 is 42.2 Å². The number of rotatable bonds is 8. The summed E-state index contributed by atoms with van der Waals surface area (Å²) in [5, 5.41) is 19.0. The molecule has 1 aromatic carbocycles. The Kier molecular flexibility index (Phi) is 7.43. The van der Waals surface area contributed by atoms with E-state index in [4.69, 9.17) is 18.9 Å². The van der Waals surface area contributed by atoms with Crippen LogP contribution < -0.4 is 14.8 Å². The Balaban J connectivity index is 1.10. The van der Waals surface area contributed by atoms with Crippen LogP contribution in [0.4, 0.5) is 15.9 Å². The van der Waals surface area contributed by atoms with Crippen LogP contribution in [0.1, 0.15) is 28.8 Å². The molecule has 7 rings (SSSR count). The van der Waals surface area contributed by atoms with E-state index in [-0.39, 0.29) is 61.0 Å². The SMILES string of the molecule is COC1COC2C(Oc3cc(F)ccc3Nc3ncnn4cc(C(=O)NS5(=O)=CCN(C(=O)C6(O)CC6)CC5)c(C)c34)COC12. The summed E-state index contributed by atoms with van der Waals surface area (Å²) in [6.45, 7) is 2.55. The predicted molar refractivity (Wildman–Crippen MR) is 159 cm³/mol. The van der Waals surface area contributed by atoms with Gasteiger partial charge in [-0.15, -0.1) is 0 Å². The van der Waals surface area contributed by atoms with Gasteiger partial charge in [0.2, 0.25) is 0 Å². The Bertz CT molecular complexity index is 1800. The van der Waals surface area contributed by atoms with Gasteiger partial charge in [-0.25, -0.2) is 18.1 Å². The smallest absolute Gasteiger partial charge is 0.264 e. The van der Waals surface area contributed by atoms with Crippen LogP contribution in [-0.4, -0.2) is 115 Å². The van der Waals surface area contributed by atoms with E-state index in [1.54, 1.807) is 14.0 Å². The fourth-order valence-electron chi connectivity index (χ4n) is 5.95. The highest BCUT2D eigenvalue weighted by Crippen LogP contribution is 2.38. The van der Waals surface area contributed by atoms with Crippen molar-refractivity contribution in [3.05, 3.63) is 47.7 Å². The minimum absolute atomic E-state index is 0.0394. The summed E-state index contributed by atoms with van der Waals surface area (Å²) in [5.41, 5.74) is 0.336. The molecule has 5 atom stereocenters. The standard InChI is InChI=1S/C29H33FN6O8S/c1-16-18(27(37)34-45(40)9-7-35(8-10-45)28(38)29(39)5-6-29)12-36-23(16)26(31-15-32-36)33-19-4-3-17(30)11-20(19)44-22-14-43-24-21(41-2)13-42-25(22)24/h3-4,9,11-12,15,21-22,24-25,39H,5-8,10,13-14H2,1-2H3,(H,31,32,33)(H,34,37,40). The summed E-state index contributed by atoms with van der Waals surface area (Å²) in [7, 11) is -1.32. The first-order valence-electron chi connectivity index (χ1n) is 14.6. The molecule has 5 unspecified atom stereocenters. The van der Waals surface area contributed by atoms with E-state index >= 15 is 0 Å². The normalized spacial score (nSPS) is 28.4. The number of amides is 2. The topological polar surface area (TPSA) is 166 Å². The number of hydrogen-bond donors (Lipinski definition) is 3. The maximum atomic E-state index is 14.4. The number of halogens is 1. The van der Waals surface area contributed by atoms with Crippen molar-refractivity contribution in [1.29, 1.82) is 0 Å². The van der Waals surface area contributed by atoms with Gasteiger partial charge in [0.1, 0.15) is 47.3 Å². The van der Waals surface area contributed by atoms with E-state index in [1.807, 2.05) is 0 Å². The Morgan fingerprint density at radius 3 is 2.67 bits per heavy atom. The number of nitrogens with one attached hydrogen (secondary N) is 2. The Labute approximate surface area is 257 Å². The second kappa shape index (κ2) is 11.2. The highest BCUT2D eigenvalue weighted by atomic mass is 32.2. The highest BCUT2D eigenvalue weighted by Gasteiger charge is 2.51. The van der Waals surface area contributed by atoms with E-state index in [0.717, 1.165) is 0 Å². The molecule has 2 saturated heterocycles. The number of benzene rings is 1. The Morgan fingerprint density at radius 1 is 1.20 bits per heavy atom. The van der Waals surface area contributed by atoms with E-state index in [9.17, 15) is 23.3 Å². The fraction of sp³-hybridized carbons (Fsp3) is 0.483. The molecule has 3 aliphatic heterocycles. The van der Waals surface area contributed by atoms with Gasteiger partial charge in [0.05, 0.1) is 39.9 Å². The van der Waals surface area contributed by atoms with E-state index in [2.05, 4.69) is 20.1 Å². The number of hydrogen-bond acceptors (Lipinski definition) is 11. The highest BCUT2D eigenvalue weighted by molar-refractivity contribution is 8.00. The summed E-state index contributed by atoms with van der Waals surface area (Å²) in [6, 6.07) is 4.07. The zero-order valence-corrected chi connectivity index (χ0v) is 25.4. The quantitative estimate of drug-likeness (QED) is 0.294. The van der Waals surface area contributed by atoms with Gasteiger partial charge in [-0.1, -0.05) is 0 Å². The van der Waals surface area contributed by atoms with Crippen molar-refractivity contribution in [3.8, 4) is 5.75 Å². The van der Waals surface area contributed by atoms with Gasteiger partial charge in [-0.3, -0.25) is 14.3 Å². The number of aryl methyl sites for hydroxylation is 1. The second-order valence-electron chi connectivity index (χ2n) is 11.7. The van der Waals surface area contributed by atoms with Crippen molar-refractivity contribution in [1.82, 2.24) is 24.2 Å². The summed E-state index contributed by atoms with van der Waals surface area (Å²) in [6.07, 6.45) is 2.32. The molecule has 45 heavy (non-hydrogen) atoms. The molecule has 3 N–H and O–H groups in total. The van der Waals surface area contributed by atoms with Crippen LogP contribution in [0.25, 0.3) is 5.52 Å². The number of ether oxygens (including phenoxy) is 4. The minimum atomic E-state index is -2.92. The number of nitrogens with zero attached hydrogens (tertiary/aromatic N) is 4. The molecular weight excluding hydrogens is 611 g/mol. The van der Waals surface area contributed by atoms with Crippen molar-refractivity contribution >= 4 is 43.9 Å². The average molecular weight is 645 g/mol. The lowest BCUT2D eigenvalue weighted by Gasteiger charge is -2.29. The summed E-state index contributed by atoms with van der Waals surface area (Å²) in [5.74, 6) is -0.852. The summed E-state index contributed by atoms with van der Waals surface area (Å²) in [4.78, 5) is 31.7. The van der Waals surface area contributed by atoms with Crippen molar-refractivity contribution in [2.75, 3.05) is 44.5 Å². The molecule has 5 heterocycles. The average Bonchev–Trinajstić information content (AvgIpc) is 3.32. The third-order valence-corrected chi connectivity index (χ3v) is 10.7. The number of fused-ring (bicyclic) bond motifs is 2. The zero-order chi connectivity index (χ0) is 31.5. The number of anilines is 2. The molecule has 0 bridgehead atoms. The van der Waals surface area contributed by atoms with Crippen molar-refractivity contribution in [2.24, 2.45) is 0 Å². The van der Waals surface area contributed by atoms with Gasteiger partial charge in [-0.05, 0) is 37.5 Å². The summed E-state index contributed by atoms with van der Waals surface area (Å²) >= 11 is 0. The third kappa shape index (κ3) is 5.50. The first kappa shape index (κ1) is 29.9. The van der Waals surface area contributed by atoms with E-state index in [1.165, 1.54) is 45.5 Å². The van der Waals surface area contributed by atoms with Crippen LogP contribution in [0, 0.1) is 12.7 Å². The number of carbonyl (C=O) groups is 2.